The van der Waals surface area contributed by atoms with Crippen molar-refractivity contribution in [2.45, 2.75) is 31.7 Å². The lowest BCUT2D eigenvalue weighted by atomic mass is 10.2. The molecule has 122 valence electrons. The van der Waals surface area contributed by atoms with Crippen LogP contribution in [0, 0.1) is 21.8 Å². The standard InChI is InChI=1S/C15H16FN3O4/c16-10-5-6-11(13(8-10)19(22)23)17-14(20)12-2-1-7-18(12)15(21)9-3-4-9/h5-6,8-9,12H,1-4,7H2,(H,17,20)/t12-/m1/s1. The summed E-state index contributed by atoms with van der Waals surface area (Å²) in [5, 5.41) is 13.4. The minimum Gasteiger partial charge on any atom is -0.330 e. The summed E-state index contributed by atoms with van der Waals surface area (Å²) in [6.45, 7) is 0.527. The van der Waals surface area contributed by atoms with Crippen molar-refractivity contribution >= 4 is 23.2 Å². The second-order valence-electron chi connectivity index (χ2n) is 5.87. The maximum Gasteiger partial charge on any atom is 0.295 e. The number of hydrogen-bond donors (Lipinski definition) is 1. The molecule has 1 heterocycles. The molecule has 1 N–H and O–H groups in total. The first-order chi connectivity index (χ1) is 11.0. The van der Waals surface area contributed by atoms with E-state index in [1.807, 2.05) is 0 Å². The highest BCUT2D eigenvalue weighted by Crippen LogP contribution is 2.34. The van der Waals surface area contributed by atoms with E-state index in [0.29, 0.717) is 13.0 Å². The van der Waals surface area contributed by atoms with Crippen LogP contribution < -0.4 is 5.32 Å². The molecular weight excluding hydrogens is 305 g/mol. The van der Waals surface area contributed by atoms with Crippen molar-refractivity contribution < 1.29 is 18.9 Å². The number of nitrogens with one attached hydrogen (secondary N) is 1. The van der Waals surface area contributed by atoms with E-state index in [2.05, 4.69) is 5.32 Å². The molecule has 1 saturated heterocycles. The van der Waals surface area contributed by atoms with Crippen LogP contribution >= 0.6 is 0 Å². The van der Waals surface area contributed by atoms with Crippen molar-refractivity contribution in [1.29, 1.82) is 0 Å². The molecule has 2 amide bonds. The highest BCUT2D eigenvalue weighted by molar-refractivity contribution is 5.99. The van der Waals surface area contributed by atoms with Crippen molar-refractivity contribution in [2.24, 2.45) is 5.92 Å². The monoisotopic (exact) mass is 321 g/mol. The Morgan fingerprint density at radius 3 is 2.70 bits per heavy atom. The van der Waals surface area contributed by atoms with E-state index in [-0.39, 0.29) is 17.5 Å². The van der Waals surface area contributed by atoms with Gasteiger partial charge in [0.2, 0.25) is 11.8 Å². The van der Waals surface area contributed by atoms with Crippen LogP contribution in [0.1, 0.15) is 25.7 Å². The van der Waals surface area contributed by atoms with Gasteiger partial charge in [-0.3, -0.25) is 19.7 Å². The normalized spacial score (nSPS) is 20.4. The van der Waals surface area contributed by atoms with Gasteiger partial charge in [-0.25, -0.2) is 4.39 Å². The summed E-state index contributed by atoms with van der Waals surface area (Å²) in [6, 6.07) is 2.35. The van der Waals surface area contributed by atoms with Gasteiger partial charge in [0, 0.05) is 12.5 Å². The molecule has 0 unspecified atom stereocenters. The van der Waals surface area contributed by atoms with Crippen LogP contribution in [0.15, 0.2) is 18.2 Å². The van der Waals surface area contributed by atoms with E-state index < -0.39 is 28.4 Å². The summed E-state index contributed by atoms with van der Waals surface area (Å²) in [5.41, 5.74) is -0.566. The largest absolute Gasteiger partial charge is 0.330 e. The van der Waals surface area contributed by atoms with Crippen LogP contribution in [0.2, 0.25) is 0 Å². The molecule has 1 atom stereocenters. The van der Waals surface area contributed by atoms with Crippen molar-refractivity contribution in [2.75, 3.05) is 11.9 Å². The number of nitro groups is 1. The number of carbonyl (C=O) groups is 2. The minimum absolute atomic E-state index is 0.0172. The molecule has 7 nitrogen and oxygen atoms in total. The number of likely N-dealkylation sites (tertiary alicyclic amines) is 1. The maximum atomic E-state index is 13.1. The van der Waals surface area contributed by atoms with Gasteiger partial charge >= 0.3 is 0 Å². The lowest BCUT2D eigenvalue weighted by molar-refractivity contribution is -0.384. The number of anilines is 1. The summed E-state index contributed by atoms with van der Waals surface area (Å²) in [5.74, 6) is -1.22. The predicted octanol–water partition coefficient (Wildman–Crippen LogP) is 2.07. The van der Waals surface area contributed by atoms with Crippen molar-refractivity contribution in [3.05, 3.63) is 34.1 Å². The number of rotatable bonds is 4. The Bertz CT molecular complexity index is 675. The van der Waals surface area contributed by atoms with Gasteiger partial charge < -0.3 is 10.2 Å². The van der Waals surface area contributed by atoms with Gasteiger partial charge in [-0.2, -0.15) is 0 Å². The smallest absolute Gasteiger partial charge is 0.295 e. The third-order valence-electron chi connectivity index (χ3n) is 4.18. The summed E-state index contributed by atoms with van der Waals surface area (Å²) in [6.07, 6.45) is 2.96. The summed E-state index contributed by atoms with van der Waals surface area (Å²) < 4.78 is 13.1. The number of nitrogens with zero attached hydrogens (tertiary/aromatic N) is 2. The fourth-order valence-electron chi connectivity index (χ4n) is 2.85. The number of halogens is 1. The minimum atomic E-state index is -0.750. The summed E-state index contributed by atoms with van der Waals surface area (Å²) in [4.78, 5) is 36.4. The molecule has 0 bridgehead atoms. The second-order valence-corrected chi connectivity index (χ2v) is 5.87. The molecule has 1 aromatic rings. The molecular formula is C15H16FN3O4. The molecule has 23 heavy (non-hydrogen) atoms. The molecule has 0 aromatic heterocycles. The van der Waals surface area contributed by atoms with Gasteiger partial charge in [0.05, 0.1) is 11.0 Å². The number of amides is 2. The van der Waals surface area contributed by atoms with Crippen molar-refractivity contribution in [1.82, 2.24) is 4.90 Å². The van der Waals surface area contributed by atoms with E-state index in [0.717, 1.165) is 37.5 Å². The van der Waals surface area contributed by atoms with Crippen LogP contribution in [0.4, 0.5) is 15.8 Å². The lowest BCUT2D eigenvalue weighted by Crippen LogP contribution is -2.43. The Hall–Kier alpha value is -2.51. The maximum absolute atomic E-state index is 13.1. The predicted molar refractivity (Wildman–Crippen MR) is 79.1 cm³/mol. The molecule has 1 aliphatic carbocycles. The van der Waals surface area contributed by atoms with Gasteiger partial charge in [0.15, 0.2) is 0 Å². The molecule has 8 heteroatoms. The number of carbonyl (C=O) groups excluding carboxylic acids is 2. The van der Waals surface area contributed by atoms with Crippen LogP contribution in [-0.2, 0) is 9.59 Å². The molecule has 3 rings (SSSR count). The molecule has 1 saturated carbocycles. The van der Waals surface area contributed by atoms with E-state index in [4.69, 9.17) is 0 Å². The third kappa shape index (κ3) is 3.15. The van der Waals surface area contributed by atoms with Crippen LogP contribution in [0.5, 0.6) is 0 Å². The number of benzene rings is 1. The first kappa shape index (κ1) is 15.4. The highest BCUT2D eigenvalue weighted by atomic mass is 19.1. The Balaban J connectivity index is 1.76. The Morgan fingerprint density at radius 2 is 2.04 bits per heavy atom. The Kier molecular flexibility index (Phi) is 3.97. The zero-order chi connectivity index (χ0) is 16.6. The fourth-order valence-corrected chi connectivity index (χ4v) is 2.85. The van der Waals surface area contributed by atoms with Crippen LogP contribution in [0.25, 0.3) is 0 Å². The average Bonchev–Trinajstić information content (AvgIpc) is 3.24. The summed E-state index contributed by atoms with van der Waals surface area (Å²) >= 11 is 0. The van der Waals surface area contributed by atoms with E-state index >= 15 is 0 Å². The topological polar surface area (TPSA) is 92.5 Å². The van der Waals surface area contributed by atoms with Gasteiger partial charge in [-0.05, 0) is 37.8 Å². The molecule has 1 aliphatic heterocycles. The first-order valence-electron chi connectivity index (χ1n) is 7.52. The summed E-state index contributed by atoms with van der Waals surface area (Å²) in [7, 11) is 0. The van der Waals surface area contributed by atoms with Crippen LogP contribution in [0.3, 0.4) is 0 Å². The average molecular weight is 321 g/mol. The fraction of sp³-hybridized carbons (Fsp3) is 0.467. The number of hydrogen-bond acceptors (Lipinski definition) is 4. The van der Waals surface area contributed by atoms with E-state index in [9.17, 15) is 24.1 Å². The van der Waals surface area contributed by atoms with E-state index in [1.165, 1.54) is 0 Å². The second kappa shape index (κ2) is 5.94. The molecule has 2 fully saturated rings. The first-order valence-corrected chi connectivity index (χ1v) is 7.52. The van der Waals surface area contributed by atoms with Crippen LogP contribution in [-0.4, -0.2) is 34.2 Å². The zero-order valence-electron chi connectivity index (χ0n) is 12.3. The van der Waals surface area contributed by atoms with E-state index in [1.54, 1.807) is 4.90 Å². The van der Waals surface area contributed by atoms with Gasteiger partial charge in [0.1, 0.15) is 17.5 Å². The molecule has 1 aromatic carbocycles. The third-order valence-corrected chi connectivity index (χ3v) is 4.18. The van der Waals surface area contributed by atoms with Crippen molar-refractivity contribution in [3.63, 3.8) is 0 Å². The Morgan fingerprint density at radius 1 is 1.30 bits per heavy atom. The molecule has 0 radical (unpaired) electrons. The number of nitro benzene ring substituents is 1. The highest BCUT2D eigenvalue weighted by Gasteiger charge is 2.41. The SMILES string of the molecule is O=C(Nc1ccc(F)cc1[N+](=O)[O-])[C@H]1CCCN1C(=O)C1CC1. The van der Waals surface area contributed by atoms with Crippen molar-refractivity contribution in [3.8, 4) is 0 Å². The molecule has 0 spiro atoms. The van der Waals surface area contributed by atoms with Gasteiger partial charge in [-0.1, -0.05) is 0 Å². The molecule has 2 aliphatic rings. The van der Waals surface area contributed by atoms with Gasteiger partial charge in [0.25, 0.3) is 5.69 Å². The Labute approximate surface area is 131 Å². The zero-order valence-corrected chi connectivity index (χ0v) is 12.3. The van der Waals surface area contributed by atoms with Gasteiger partial charge in [-0.15, -0.1) is 0 Å². The lowest BCUT2D eigenvalue weighted by Gasteiger charge is -2.23. The quantitative estimate of drug-likeness (QED) is 0.678.